The molecule has 1 saturated heterocycles. The first-order chi connectivity index (χ1) is 8.36. The molecule has 3 rings (SSSR count). The lowest BCUT2D eigenvalue weighted by Crippen LogP contribution is -2.16. The quantitative estimate of drug-likeness (QED) is 0.884. The molecule has 2 aromatic rings. The van der Waals surface area contributed by atoms with Gasteiger partial charge in [-0.2, -0.15) is 4.37 Å². The average Bonchev–Trinajstić information content (AvgIpc) is 2.98. The van der Waals surface area contributed by atoms with Gasteiger partial charge in [0.2, 0.25) is 0 Å². The zero-order valence-corrected chi connectivity index (χ0v) is 10.4. The van der Waals surface area contributed by atoms with Crippen LogP contribution in [0.5, 0.6) is 0 Å². The molecule has 0 saturated carbocycles. The van der Waals surface area contributed by atoms with Gasteiger partial charge in [-0.25, -0.2) is 0 Å². The summed E-state index contributed by atoms with van der Waals surface area (Å²) in [6.45, 7) is 2.25. The molecule has 0 bridgehead atoms. The van der Waals surface area contributed by atoms with Gasteiger partial charge in [0.1, 0.15) is 10.8 Å². The van der Waals surface area contributed by atoms with E-state index >= 15 is 0 Å². The Morgan fingerprint density at radius 3 is 2.53 bits per heavy atom. The fraction of sp³-hybridized carbons (Fsp3) is 0.308. The molecule has 3 nitrogen and oxygen atoms in total. The summed E-state index contributed by atoms with van der Waals surface area (Å²) in [4.78, 5) is 2.40. The van der Waals surface area contributed by atoms with Crippen molar-refractivity contribution >= 4 is 22.4 Å². The molecule has 4 heteroatoms. The standard InChI is InChI=1S/C13H15N3S/c14-12-11(10-6-2-1-3-7-10)13(17-15-12)16-8-4-5-9-16/h1-3,6-7H,4-5,8-9H2,(H2,14,15). The third-order valence-corrected chi connectivity index (χ3v) is 4.08. The first-order valence-electron chi connectivity index (χ1n) is 5.92. The maximum absolute atomic E-state index is 6.01. The molecule has 88 valence electrons. The normalized spacial score (nSPS) is 15.4. The molecule has 1 aliphatic heterocycles. The van der Waals surface area contributed by atoms with Crippen molar-refractivity contribution in [3.8, 4) is 11.1 Å². The van der Waals surface area contributed by atoms with E-state index in [0.29, 0.717) is 5.82 Å². The molecule has 0 radical (unpaired) electrons. The largest absolute Gasteiger partial charge is 0.382 e. The Kier molecular flexibility index (Phi) is 2.73. The molecule has 2 heterocycles. The van der Waals surface area contributed by atoms with Crippen LogP contribution < -0.4 is 10.6 Å². The Labute approximate surface area is 105 Å². The van der Waals surface area contributed by atoms with Gasteiger partial charge in [0, 0.05) is 13.1 Å². The van der Waals surface area contributed by atoms with E-state index in [1.807, 2.05) is 18.2 Å². The Hall–Kier alpha value is -1.55. The van der Waals surface area contributed by atoms with E-state index in [0.717, 1.165) is 18.7 Å². The van der Waals surface area contributed by atoms with E-state index in [1.54, 1.807) is 0 Å². The minimum absolute atomic E-state index is 0.656. The predicted molar refractivity (Wildman–Crippen MR) is 73.4 cm³/mol. The predicted octanol–water partition coefficient (Wildman–Crippen LogP) is 2.99. The van der Waals surface area contributed by atoms with Crippen molar-refractivity contribution < 1.29 is 0 Å². The van der Waals surface area contributed by atoms with Crippen LogP contribution in [0.4, 0.5) is 10.8 Å². The summed E-state index contributed by atoms with van der Waals surface area (Å²) >= 11 is 1.52. The zero-order valence-electron chi connectivity index (χ0n) is 9.60. The minimum Gasteiger partial charge on any atom is -0.382 e. The molecular formula is C13H15N3S. The van der Waals surface area contributed by atoms with Crippen molar-refractivity contribution in [2.24, 2.45) is 0 Å². The van der Waals surface area contributed by atoms with Crippen LogP contribution in [-0.4, -0.2) is 17.5 Å². The Balaban J connectivity index is 2.06. The second-order valence-corrected chi connectivity index (χ2v) is 5.06. The fourth-order valence-corrected chi connectivity index (χ4v) is 3.19. The second-order valence-electron chi connectivity index (χ2n) is 4.31. The maximum Gasteiger partial charge on any atom is 0.147 e. The van der Waals surface area contributed by atoms with E-state index in [4.69, 9.17) is 5.73 Å². The van der Waals surface area contributed by atoms with Crippen molar-refractivity contribution in [1.82, 2.24) is 4.37 Å². The van der Waals surface area contributed by atoms with Crippen LogP contribution in [0, 0.1) is 0 Å². The Morgan fingerprint density at radius 1 is 1.12 bits per heavy atom. The van der Waals surface area contributed by atoms with E-state index in [2.05, 4.69) is 21.4 Å². The molecule has 0 aliphatic carbocycles. The number of nitrogens with zero attached hydrogens (tertiary/aromatic N) is 2. The third-order valence-electron chi connectivity index (χ3n) is 3.16. The van der Waals surface area contributed by atoms with Gasteiger partial charge in [-0.15, -0.1) is 0 Å². The van der Waals surface area contributed by atoms with Crippen LogP contribution >= 0.6 is 11.5 Å². The number of rotatable bonds is 2. The molecule has 1 aromatic carbocycles. The van der Waals surface area contributed by atoms with Gasteiger partial charge in [0.25, 0.3) is 0 Å². The van der Waals surface area contributed by atoms with Gasteiger partial charge in [0.05, 0.1) is 5.56 Å². The fourth-order valence-electron chi connectivity index (χ4n) is 2.31. The first-order valence-corrected chi connectivity index (χ1v) is 6.69. The summed E-state index contributed by atoms with van der Waals surface area (Å²) in [6.07, 6.45) is 2.54. The summed E-state index contributed by atoms with van der Waals surface area (Å²) in [5.74, 6) is 0.656. The topological polar surface area (TPSA) is 42.1 Å². The van der Waals surface area contributed by atoms with E-state index in [9.17, 15) is 0 Å². The van der Waals surface area contributed by atoms with Gasteiger partial charge in [-0.1, -0.05) is 30.3 Å². The summed E-state index contributed by atoms with van der Waals surface area (Å²) in [6, 6.07) is 10.3. The zero-order chi connectivity index (χ0) is 11.7. The van der Waals surface area contributed by atoms with Crippen LogP contribution in [0.3, 0.4) is 0 Å². The number of anilines is 2. The highest BCUT2D eigenvalue weighted by molar-refractivity contribution is 7.11. The van der Waals surface area contributed by atoms with Crippen LogP contribution in [0.1, 0.15) is 12.8 Å². The monoisotopic (exact) mass is 245 g/mol. The van der Waals surface area contributed by atoms with Crippen molar-refractivity contribution in [2.45, 2.75) is 12.8 Å². The molecule has 1 aliphatic rings. The average molecular weight is 245 g/mol. The van der Waals surface area contributed by atoms with Crippen molar-refractivity contribution in [3.05, 3.63) is 30.3 Å². The van der Waals surface area contributed by atoms with Crippen molar-refractivity contribution in [3.63, 3.8) is 0 Å². The molecule has 0 amide bonds. The van der Waals surface area contributed by atoms with E-state index < -0.39 is 0 Å². The highest BCUT2D eigenvalue weighted by atomic mass is 32.1. The van der Waals surface area contributed by atoms with Crippen molar-refractivity contribution in [2.75, 3.05) is 23.7 Å². The van der Waals surface area contributed by atoms with Gasteiger partial charge in [0.15, 0.2) is 0 Å². The summed E-state index contributed by atoms with van der Waals surface area (Å²) in [7, 11) is 0. The number of nitrogens with two attached hydrogens (primary N) is 1. The number of nitrogen functional groups attached to an aromatic ring is 1. The molecule has 2 N–H and O–H groups in total. The molecular weight excluding hydrogens is 230 g/mol. The molecule has 0 atom stereocenters. The highest BCUT2D eigenvalue weighted by Gasteiger charge is 2.21. The molecule has 1 fully saturated rings. The van der Waals surface area contributed by atoms with Crippen LogP contribution in [-0.2, 0) is 0 Å². The summed E-state index contributed by atoms with van der Waals surface area (Å²) in [5.41, 5.74) is 8.29. The third kappa shape index (κ3) is 1.89. The number of hydrogen-bond donors (Lipinski definition) is 1. The summed E-state index contributed by atoms with van der Waals surface area (Å²) < 4.78 is 4.32. The second kappa shape index (κ2) is 4.37. The SMILES string of the molecule is Nc1nsc(N2CCCC2)c1-c1ccccc1. The highest BCUT2D eigenvalue weighted by Crippen LogP contribution is 2.40. The molecule has 17 heavy (non-hydrogen) atoms. The number of hydrogen-bond acceptors (Lipinski definition) is 4. The lowest BCUT2D eigenvalue weighted by Gasteiger charge is -2.16. The minimum atomic E-state index is 0.656. The summed E-state index contributed by atoms with van der Waals surface area (Å²) in [5, 5.41) is 1.23. The maximum atomic E-state index is 6.01. The van der Waals surface area contributed by atoms with Crippen LogP contribution in [0.2, 0.25) is 0 Å². The smallest absolute Gasteiger partial charge is 0.147 e. The molecule has 0 spiro atoms. The van der Waals surface area contributed by atoms with E-state index in [1.165, 1.54) is 34.9 Å². The Bertz CT molecular complexity index is 501. The van der Waals surface area contributed by atoms with Gasteiger partial charge >= 0.3 is 0 Å². The lowest BCUT2D eigenvalue weighted by atomic mass is 10.1. The lowest BCUT2D eigenvalue weighted by molar-refractivity contribution is 0.949. The number of aromatic nitrogens is 1. The van der Waals surface area contributed by atoms with E-state index in [-0.39, 0.29) is 0 Å². The molecule has 1 aromatic heterocycles. The van der Waals surface area contributed by atoms with Gasteiger partial charge < -0.3 is 10.6 Å². The van der Waals surface area contributed by atoms with Crippen LogP contribution in [0.25, 0.3) is 11.1 Å². The van der Waals surface area contributed by atoms with Crippen LogP contribution in [0.15, 0.2) is 30.3 Å². The van der Waals surface area contributed by atoms with Gasteiger partial charge in [-0.3, -0.25) is 0 Å². The number of benzene rings is 1. The van der Waals surface area contributed by atoms with Crippen molar-refractivity contribution in [1.29, 1.82) is 0 Å². The van der Waals surface area contributed by atoms with Gasteiger partial charge in [-0.05, 0) is 29.9 Å². The molecule has 0 unspecified atom stereocenters. The Morgan fingerprint density at radius 2 is 1.82 bits per heavy atom. The first kappa shape index (κ1) is 10.6.